The standard InChI is InChI=1S/C19H23NOS/c1-19(2,15-20-13-16-7-5-4-6-8-16)22-14-17-9-11-18(21-3)12-10-17/h4-12,15H,13-14H2,1-3H3. The Bertz CT molecular complexity index is 591. The number of hydrogen-bond donors (Lipinski definition) is 0. The fourth-order valence-corrected chi connectivity index (χ4v) is 2.86. The third-order valence-corrected chi connectivity index (χ3v) is 4.62. The zero-order chi connectivity index (χ0) is 15.8. The van der Waals surface area contributed by atoms with Crippen LogP contribution in [0.3, 0.4) is 0 Å². The van der Waals surface area contributed by atoms with E-state index in [0.717, 1.165) is 18.0 Å². The molecule has 2 nitrogen and oxygen atoms in total. The predicted octanol–water partition coefficient (Wildman–Crippen LogP) is 4.98. The van der Waals surface area contributed by atoms with Crippen molar-refractivity contribution in [2.45, 2.75) is 30.9 Å². The van der Waals surface area contributed by atoms with Crippen molar-refractivity contribution < 1.29 is 4.74 Å². The number of thioether (sulfide) groups is 1. The second-order valence-electron chi connectivity index (χ2n) is 5.70. The quantitative estimate of drug-likeness (QED) is 0.673. The lowest BCUT2D eigenvalue weighted by Gasteiger charge is -2.18. The fraction of sp³-hybridized carbons (Fsp3) is 0.316. The molecule has 22 heavy (non-hydrogen) atoms. The van der Waals surface area contributed by atoms with Gasteiger partial charge in [0.15, 0.2) is 0 Å². The zero-order valence-corrected chi connectivity index (χ0v) is 14.3. The van der Waals surface area contributed by atoms with Crippen LogP contribution in [-0.4, -0.2) is 18.1 Å². The molecule has 2 aromatic carbocycles. The molecule has 2 aromatic rings. The first-order valence-electron chi connectivity index (χ1n) is 7.41. The van der Waals surface area contributed by atoms with E-state index in [2.05, 4.69) is 61.5 Å². The number of hydrogen-bond acceptors (Lipinski definition) is 3. The molecule has 0 atom stereocenters. The van der Waals surface area contributed by atoms with E-state index in [4.69, 9.17) is 4.74 Å². The summed E-state index contributed by atoms with van der Waals surface area (Å²) >= 11 is 1.89. The molecule has 0 aliphatic heterocycles. The first-order chi connectivity index (χ1) is 10.6. The van der Waals surface area contributed by atoms with E-state index in [9.17, 15) is 0 Å². The Kier molecular flexibility index (Phi) is 6.08. The van der Waals surface area contributed by atoms with Crippen molar-refractivity contribution in [2.75, 3.05) is 7.11 Å². The lowest BCUT2D eigenvalue weighted by Crippen LogP contribution is -2.16. The van der Waals surface area contributed by atoms with E-state index in [1.165, 1.54) is 11.1 Å². The Morgan fingerprint density at radius 2 is 1.68 bits per heavy atom. The largest absolute Gasteiger partial charge is 0.497 e. The van der Waals surface area contributed by atoms with Gasteiger partial charge in [-0.15, -0.1) is 11.8 Å². The van der Waals surface area contributed by atoms with Crippen molar-refractivity contribution in [3.05, 3.63) is 65.7 Å². The lowest BCUT2D eigenvalue weighted by molar-refractivity contribution is 0.414. The molecule has 0 fully saturated rings. The average Bonchev–Trinajstić information content (AvgIpc) is 2.54. The van der Waals surface area contributed by atoms with Crippen molar-refractivity contribution >= 4 is 18.0 Å². The van der Waals surface area contributed by atoms with Gasteiger partial charge < -0.3 is 4.74 Å². The molecule has 0 saturated carbocycles. The van der Waals surface area contributed by atoms with Gasteiger partial charge in [0.25, 0.3) is 0 Å². The minimum Gasteiger partial charge on any atom is -0.497 e. The van der Waals surface area contributed by atoms with E-state index in [-0.39, 0.29) is 4.75 Å². The first kappa shape index (κ1) is 16.6. The molecule has 0 N–H and O–H groups in total. The topological polar surface area (TPSA) is 21.6 Å². The molecule has 2 rings (SSSR count). The third kappa shape index (κ3) is 5.57. The molecular formula is C19H23NOS. The van der Waals surface area contributed by atoms with E-state index in [1.54, 1.807) is 7.11 Å². The van der Waals surface area contributed by atoms with Crippen LogP contribution in [0.5, 0.6) is 5.75 Å². The van der Waals surface area contributed by atoms with Crippen LogP contribution in [-0.2, 0) is 12.3 Å². The van der Waals surface area contributed by atoms with Crippen LogP contribution in [0.1, 0.15) is 25.0 Å². The molecule has 0 aromatic heterocycles. The molecule has 0 spiro atoms. The van der Waals surface area contributed by atoms with Gasteiger partial charge in [0.2, 0.25) is 0 Å². The molecule has 0 bridgehead atoms. The number of benzene rings is 2. The Morgan fingerprint density at radius 1 is 1.00 bits per heavy atom. The number of aliphatic imine (C=N–C) groups is 1. The summed E-state index contributed by atoms with van der Waals surface area (Å²) in [7, 11) is 1.69. The minimum atomic E-state index is 0.0225. The number of nitrogens with zero attached hydrogens (tertiary/aromatic N) is 1. The minimum absolute atomic E-state index is 0.0225. The molecule has 0 radical (unpaired) electrons. The number of ether oxygens (including phenoxy) is 1. The average molecular weight is 313 g/mol. The van der Waals surface area contributed by atoms with Gasteiger partial charge in [-0.2, -0.15) is 0 Å². The number of methoxy groups -OCH3 is 1. The van der Waals surface area contributed by atoms with Crippen molar-refractivity contribution in [3.8, 4) is 5.75 Å². The summed E-state index contributed by atoms with van der Waals surface area (Å²) in [6, 6.07) is 18.6. The van der Waals surface area contributed by atoms with Gasteiger partial charge in [0, 0.05) is 16.7 Å². The highest BCUT2D eigenvalue weighted by Gasteiger charge is 2.15. The predicted molar refractivity (Wildman–Crippen MR) is 97.0 cm³/mol. The van der Waals surface area contributed by atoms with Crippen LogP contribution in [0, 0.1) is 0 Å². The van der Waals surface area contributed by atoms with Gasteiger partial charge >= 0.3 is 0 Å². The van der Waals surface area contributed by atoms with Crippen LogP contribution >= 0.6 is 11.8 Å². The smallest absolute Gasteiger partial charge is 0.118 e. The molecule has 0 heterocycles. The summed E-state index contributed by atoms with van der Waals surface area (Å²) in [4.78, 5) is 4.59. The highest BCUT2D eigenvalue weighted by molar-refractivity contribution is 8.00. The summed E-state index contributed by atoms with van der Waals surface area (Å²) in [5, 5.41) is 0. The summed E-state index contributed by atoms with van der Waals surface area (Å²) in [6.45, 7) is 5.15. The Hall–Kier alpha value is -1.74. The first-order valence-corrected chi connectivity index (χ1v) is 8.39. The van der Waals surface area contributed by atoms with E-state index in [0.29, 0.717) is 0 Å². The van der Waals surface area contributed by atoms with Crippen molar-refractivity contribution in [3.63, 3.8) is 0 Å². The van der Waals surface area contributed by atoms with E-state index < -0.39 is 0 Å². The van der Waals surface area contributed by atoms with Crippen LogP contribution in [0.4, 0.5) is 0 Å². The molecule has 116 valence electrons. The second-order valence-corrected chi connectivity index (χ2v) is 7.33. The Balaban J connectivity index is 1.84. The lowest BCUT2D eigenvalue weighted by atomic mass is 10.2. The van der Waals surface area contributed by atoms with E-state index >= 15 is 0 Å². The summed E-state index contributed by atoms with van der Waals surface area (Å²) in [5.74, 6) is 1.87. The van der Waals surface area contributed by atoms with Gasteiger partial charge in [-0.1, -0.05) is 42.5 Å². The molecule has 0 saturated heterocycles. The van der Waals surface area contributed by atoms with Gasteiger partial charge in [-0.05, 0) is 37.1 Å². The molecule has 3 heteroatoms. The Morgan fingerprint density at radius 3 is 2.32 bits per heavy atom. The molecule has 0 amide bonds. The maximum Gasteiger partial charge on any atom is 0.118 e. The SMILES string of the molecule is COc1ccc(CSC(C)(C)C=NCc2ccccc2)cc1. The van der Waals surface area contributed by atoms with E-state index in [1.807, 2.05) is 30.0 Å². The summed E-state index contributed by atoms with van der Waals surface area (Å²) in [5.41, 5.74) is 2.55. The van der Waals surface area contributed by atoms with Crippen LogP contribution in [0.15, 0.2) is 59.6 Å². The van der Waals surface area contributed by atoms with Gasteiger partial charge in [-0.3, -0.25) is 4.99 Å². The highest BCUT2D eigenvalue weighted by Crippen LogP contribution is 2.27. The van der Waals surface area contributed by atoms with Gasteiger partial charge in [-0.25, -0.2) is 0 Å². The molecule has 0 aliphatic carbocycles. The number of rotatable bonds is 7. The van der Waals surface area contributed by atoms with Gasteiger partial charge in [0.05, 0.1) is 13.7 Å². The molecule has 0 unspecified atom stereocenters. The van der Waals surface area contributed by atoms with Crippen LogP contribution in [0.2, 0.25) is 0 Å². The molecule has 0 aliphatic rings. The fourth-order valence-electron chi connectivity index (χ4n) is 1.98. The summed E-state index contributed by atoms with van der Waals surface area (Å²) in [6.07, 6.45) is 2.06. The van der Waals surface area contributed by atoms with Crippen molar-refractivity contribution in [2.24, 2.45) is 4.99 Å². The third-order valence-electron chi connectivity index (χ3n) is 3.29. The molecular weight excluding hydrogens is 290 g/mol. The van der Waals surface area contributed by atoms with Crippen LogP contribution < -0.4 is 4.74 Å². The normalized spacial score (nSPS) is 11.8. The second kappa shape index (κ2) is 8.04. The van der Waals surface area contributed by atoms with Crippen molar-refractivity contribution in [1.82, 2.24) is 0 Å². The maximum atomic E-state index is 5.18. The monoisotopic (exact) mass is 313 g/mol. The highest BCUT2D eigenvalue weighted by atomic mass is 32.2. The maximum absolute atomic E-state index is 5.18. The zero-order valence-electron chi connectivity index (χ0n) is 13.5. The Labute approximate surface area is 137 Å². The van der Waals surface area contributed by atoms with Crippen LogP contribution in [0.25, 0.3) is 0 Å². The summed E-state index contributed by atoms with van der Waals surface area (Å²) < 4.78 is 5.20. The van der Waals surface area contributed by atoms with Gasteiger partial charge in [0.1, 0.15) is 5.75 Å². The van der Waals surface area contributed by atoms with Crippen molar-refractivity contribution in [1.29, 1.82) is 0 Å².